The lowest BCUT2D eigenvalue weighted by Gasteiger charge is -2.13. The van der Waals surface area contributed by atoms with Gasteiger partial charge < -0.3 is 5.32 Å². The molecule has 0 saturated heterocycles. The van der Waals surface area contributed by atoms with Crippen LogP contribution in [0.15, 0.2) is 53.7 Å². The molecule has 0 aliphatic rings. The predicted octanol–water partition coefficient (Wildman–Crippen LogP) is 3.05. The topological polar surface area (TPSA) is 120 Å². The maximum Gasteiger partial charge on any atom is 0.240 e. The van der Waals surface area contributed by atoms with Crippen molar-refractivity contribution in [2.45, 2.75) is 37.5 Å². The number of primary sulfonamides is 1. The monoisotopic (exact) mass is 447 g/mol. The number of nitrogens with one attached hydrogen (secondary N) is 1. The molecule has 3 rings (SSSR count). The number of hydrogen-bond donors (Lipinski definition) is 2. The Hall–Kier alpha value is -2.75. The van der Waals surface area contributed by atoms with Crippen LogP contribution in [0.1, 0.15) is 32.2 Å². The molecule has 10 heteroatoms. The first-order chi connectivity index (χ1) is 13.9. The van der Waals surface area contributed by atoms with Crippen molar-refractivity contribution in [1.82, 2.24) is 14.8 Å². The molecule has 1 amide bonds. The van der Waals surface area contributed by atoms with Crippen LogP contribution in [-0.4, -0.2) is 29.1 Å². The number of rotatable bonds is 5. The van der Waals surface area contributed by atoms with Gasteiger partial charge in [-0.15, -0.1) is 0 Å². The van der Waals surface area contributed by atoms with Crippen LogP contribution in [0, 0.1) is 0 Å². The second-order valence-corrected chi connectivity index (χ2v) is 9.74. The Bertz CT molecular complexity index is 1200. The number of amides is 1. The van der Waals surface area contributed by atoms with Gasteiger partial charge >= 0.3 is 0 Å². The molecule has 30 heavy (non-hydrogen) atoms. The fourth-order valence-corrected chi connectivity index (χ4v) is 3.70. The molecule has 0 saturated carbocycles. The largest absolute Gasteiger partial charge is 0.326 e. The highest BCUT2D eigenvalue weighted by molar-refractivity contribution is 7.89. The number of carbonyl (C=O) groups is 1. The highest BCUT2D eigenvalue weighted by Crippen LogP contribution is 2.25. The summed E-state index contributed by atoms with van der Waals surface area (Å²) in [6, 6.07) is 11.4. The van der Waals surface area contributed by atoms with Crippen LogP contribution in [0.2, 0.25) is 5.02 Å². The van der Waals surface area contributed by atoms with Crippen molar-refractivity contribution >= 4 is 33.2 Å². The van der Waals surface area contributed by atoms with E-state index < -0.39 is 10.0 Å². The summed E-state index contributed by atoms with van der Waals surface area (Å²) in [5.41, 5.74) is 0.887. The standard InChI is InChI=1S/C20H22ClN5O3S/c1-20(2,3)19-23-12-26(25-19)16-9-8-14(11-17(16)30(22,28)29)24-18(27)10-13-6-4-5-7-15(13)21/h4-9,11-12H,10H2,1-3H3,(H,24,27)(H2,22,28,29). The first-order valence-electron chi connectivity index (χ1n) is 9.08. The zero-order valence-corrected chi connectivity index (χ0v) is 18.3. The normalized spacial score (nSPS) is 12.0. The van der Waals surface area contributed by atoms with Gasteiger partial charge in [-0.2, -0.15) is 5.10 Å². The van der Waals surface area contributed by atoms with Gasteiger partial charge in [-0.3, -0.25) is 4.79 Å². The molecule has 0 aliphatic heterocycles. The molecule has 0 fully saturated rings. The summed E-state index contributed by atoms with van der Waals surface area (Å²) >= 11 is 6.09. The van der Waals surface area contributed by atoms with Gasteiger partial charge in [0.2, 0.25) is 15.9 Å². The number of anilines is 1. The van der Waals surface area contributed by atoms with E-state index in [1.54, 1.807) is 30.3 Å². The van der Waals surface area contributed by atoms with E-state index in [1.165, 1.54) is 23.1 Å². The van der Waals surface area contributed by atoms with Crippen LogP contribution in [0.3, 0.4) is 0 Å². The smallest absolute Gasteiger partial charge is 0.240 e. The highest BCUT2D eigenvalue weighted by atomic mass is 35.5. The van der Waals surface area contributed by atoms with Crippen LogP contribution >= 0.6 is 11.6 Å². The van der Waals surface area contributed by atoms with Crippen LogP contribution < -0.4 is 10.5 Å². The van der Waals surface area contributed by atoms with Crippen molar-refractivity contribution in [1.29, 1.82) is 0 Å². The maximum absolute atomic E-state index is 12.4. The maximum atomic E-state index is 12.4. The molecule has 3 N–H and O–H groups in total. The van der Waals surface area contributed by atoms with E-state index in [4.69, 9.17) is 16.7 Å². The number of nitrogens with zero attached hydrogens (tertiary/aromatic N) is 3. The summed E-state index contributed by atoms with van der Waals surface area (Å²) in [7, 11) is -4.09. The Morgan fingerprint density at radius 2 is 1.90 bits per heavy atom. The lowest BCUT2D eigenvalue weighted by atomic mass is 9.96. The molecule has 0 bridgehead atoms. The number of nitrogens with two attached hydrogens (primary N) is 1. The van der Waals surface area contributed by atoms with Crippen molar-refractivity contribution in [3.63, 3.8) is 0 Å². The van der Waals surface area contributed by atoms with E-state index in [0.29, 0.717) is 16.4 Å². The number of sulfonamides is 1. The third-order valence-corrected chi connectivity index (χ3v) is 5.58. The number of aromatic nitrogens is 3. The number of carbonyl (C=O) groups excluding carboxylic acids is 1. The third kappa shape index (κ3) is 5.05. The minimum atomic E-state index is -4.09. The van der Waals surface area contributed by atoms with E-state index in [2.05, 4.69) is 15.4 Å². The van der Waals surface area contributed by atoms with Crippen LogP contribution in [0.25, 0.3) is 5.69 Å². The molecular formula is C20H22ClN5O3S. The zero-order chi connectivity index (χ0) is 22.1. The number of benzene rings is 2. The fraction of sp³-hybridized carbons (Fsp3) is 0.250. The van der Waals surface area contributed by atoms with Crippen molar-refractivity contribution < 1.29 is 13.2 Å². The molecule has 0 aliphatic carbocycles. The summed E-state index contributed by atoms with van der Waals surface area (Å²) in [6.45, 7) is 5.85. The Kier molecular flexibility index (Phi) is 5.98. The lowest BCUT2D eigenvalue weighted by Crippen LogP contribution is -2.19. The van der Waals surface area contributed by atoms with E-state index in [-0.39, 0.29) is 34.0 Å². The molecular weight excluding hydrogens is 426 g/mol. The Morgan fingerprint density at radius 3 is 2.50 bits per heavy atom. The molecule has 1 aromatic heterocycles. The minimum Gasteiger partial charge on any atom is -0.326 e. The average Bonchev–Trinajstić information content (AvgIpc) is 3.13. The summed E-state index contributed by atoms with van der Waals surface area (Å²) in [5.74, 6) is 0.215. The molecule has 0 atom stereocenters. The molecule has 0 spiro atoms. The number of hydrogen-bond acceptors (Lipinski definition) is 5. The SMILES string of the molecule is CC(C)(C)c1ncn(-c2ccc(NC(=O)Cc3ccccc3Cl)cc2S(N)(=O)=O)n1. The van der Waals surface area contributed by atoms with Gasteiger partial charge in [0.05, 0.1) is 12.1 Å². The molecule has 8 nitrogen and oxygen atoms in total. The molecule has 2 aromatic carbocycles. The van der Waals surface area contributed by atoms with Gasteiger partial charge in [-0.1, -0.05) is 50.6 Å². The first kappa shape index (κ1) is 21.9. The van der Waals surface area contributed by atoms with E-state index in [9.17, 15) is 13.2 Å². The highest BCUT2D eigenvalue weighted by Gasteiger charge is 2.22. The summed E-state index contributed by atoms with van der Waals surface area (Å²) in [5, 5.41) is 12.9. The quantitative estimate of drug-likeness (QED) is 0.622. The summed E-state index contributed by atoms with van der Waals surface area (Å²) in [6.07, 6.45) is 1.48. The van der Waals surface area contributed by atoms with Gasteiger partial charge in [-0.25, -0.2) is 23.2 Å². The van der Waals surface area contributed by atoms with Gasteiger partial charge in [0.15, 0.2) is 5.82 Å². The van der Waals surface area contributed by atoms with Crippen LogP contribution in [0.4, 0.5) is 5.69 Å². The third-order valence-electron chi connectivity index (χ3n) is 4.27. The lowest BCUT2D eigenvalue weighted by molar-refractivity contribution is -0.115. The van der Waals surface area contributed by atoms with Gasteiger partial charge in [0, 0.05) is 16.1 Å². The van der Waals surface area contributed by atoms with Gasteiger partial charge in [0.1, 0.15) is 11.2 Å². The van der Waals surface area contributed by atoms with Crippen molar-refractivity contribution in [2.75, 3.05) is 5.32 Å². The first-order valence-corrected chi connectivity index (χ1v) is 11.0. The second-order valence-electron chi connectivity index (χ2n) is 7.81. The number of halogens is 1. The zero-order valence-electron chi connectivity index (χ0n) is 16.8. The van der Waals surface area contributed by atoms with Gasteiger partial charge in [-0.05, 0) is 29.8 Å². The fourth-order valence-electron chi connectivity index (χ4n) is 2.75. The molecule has 3 aromatic rings. The molecule has 158 valence electrons. The average molecular weight is 448 g/mol. The van der Waals surface area contributed by atoms with Gasteiger partial charge in [0.25, 0.3) is 0 Å². The second kappa shape index (κ2) is 8.17. The van der Waals surface area contributed by atoms with Crippen LogP contribution in [0.5, 0.6) is 0 Å². The summed E-state index contributed by atoms with van der Waals surface area (Å²) in [4.78, 5) is 16.5. The van der Waals surface area contributed by atoms with Crippen molar-refractivity contribution in [3.8, 4) is 5.69 Å². The Balaban J connectivity index is 1.91. The minimum absolute atomic E-state index is 0.0458. The van der Waals surface area contributed by atoms with Crippen molar-refractivity contribution in [2.24, 2.45) is 5.14 Å². The van der Waals surface area contributed by atoms with E-state index >= 15 is 0 Å². The molecule has 0 radical (unpaired) electrons. The van der Waals surface area contributed by atoms with Crippen LogP contribution in [-0.2, 0) is 26.7 Å². The Labute approximate surface area is 180 Å². The predicted molar refractivity (Wildman–Crippen MR) is 115 cm³/mol. The summed E-state index contributed by atoms with van der Waals surface area (Å²) < 4.78 is 25.7. The van der Waals surface area contributed by atoms with Crippen molar-refractivity contribution in [3.05, 3.63) is 65.2 Å². The van der Waals surface area contributed by atoms with E-state index in [0.717, 1.165) is 0 Å². The van der Waals surface area contributed by atoms with E-state index in [1.807, 2.05) is 20.8 Å². The Morgan fingerprint density at radius 1 is 1.20 bits per heavy atom. The molecule has 0 unspecified atom stereocenters. The molecule has 1 heterocycles.